The Hall–Kier alpha value is -5.19. The van der Waals surface area contributed by atoms with E-state index in [2.05, 4.69) is 0 Å². The van der Waals surface area contributed by atoms with E-state index >= 15 is 0 Å². The lowest BCUT2D eigenvalue weighted by molar-refractivity contribution is -0.175. The average molecular weight is 573 g/mol. The predicted octanol–water partition coefficient (Wildman–Crippen LogP) is 3.06. The Kier molecular flexibility index (Phi) is 6.07. The number of hydrogen-bond donors (Lipinski definition) is 3. The van der Waals surface area contributed by atoms with Gasteiger partial charge in [0.1, 0.15) is 28.6 Å². The number of esters is 2. The predicted molar refractivity (Wildman–Crippen MR) is 142 cm³/mol. The number of methoxy groups -OCH3 is 1. The fourth-order valence-corrected chi connectivity index (χ4v) is 6.07. The van der Waals surface area contributed by atoms with Crippen molar-refractivity contribution in [2.45, 2.75) is 44.3 Å². The summed E-state index contributed by atoms with van der Waals surface area (Å²) in [4.78, 5) is 65.0. The van der Waals surface area contributed by atoms with Crippen molar-refractivity contribution in [1.82, 2.24) is 0 Å². The molecule has 0 spiro atoms. The van der Waals surface area contributed by atoms with E-state index in [-0.39, 0.29) is 58.6 Å². The number of fused-ring (bicyclic) bond motifs is 3. The summed E-state index contributed by atoms with van der Waals surface area (Å²) in [5.41, 5.74) is -1.43. The number of phenols is 3. The molecule has 2 heterocycles. The molecule has 0 amide bonds. The molecule has 3 aromatic rings. The van der Waals surface area contributed by atoms with E-state index < -0.39 is 58.9 Å². The molecule has 11 nitrogen and oxygen atoms in total. The number of carbonyl (C=O) groups excluding carboxylic acids is 5. The highest BCUT2D eigenvalue weighted by molar-refractivity contribution is 6.30. The quantitative estimate of drug-likeness (QED) is 0.307. The van der Waals surface area contributed by atoms with Crippen LogP contribution in [-0.2, 0) is 25.5 Å². The average Bonchev–Trinajstić information content (AvgIpc) is 3.37. The minimum absolute atomic E-state index is 0.00644. The van der Waals surface area contributed by atoms with Crippen LogP contribution >= 0.6 is 0 Å². The van der Waals surface area contributed by atoms with Gasteiger partial charge in [0.25, 0.3) is 0 Å². The molecule has 0 aromatic heterocycles. The maximum absolute atomic E-state index is 13.6. The topological polar surface area (TPSA) is 174 Å². The smallest absolute Gasteiger partial charge is 0.354 e. The Labute approximate surface area is 238 Å². The highest BCUT2D eigenvalue weighted by atomic mass is 16.6. The first-order valence-electron chi connectivity index (χ1n) is 13.1. The number of carbonyl (C=O) groups is 5. The van der Waals surface area contributed by atoms with E-state index in [1.807, 2.05) is 0 Å². The van der Waals surface area contributed by atoms with E-state index in [0.29, 0.717) is 16.7 Å². The van der Waals surface area contributed by atoms with Gasteiger partial charge in [0, 0.05) is 17.5 Å². The molecule has 2 atom stereocenters. The molecular weight excluding hydrogens is 548 g/mol. The molecule has 1 fully saturated rings. The van der Waals surface area contributed by atoms with Crippen molar-refractivity contribution in [3.05, 3.63) is 80.9 Å². The third-order valence-electron chi connectivity index (χ3n) is 7.92. The SMILES string of the molecule is COC(=O)[C@]1([C@@H]2CCC(=O)O2)CC(=O)c2c(O)cc(Cc3ccc(O)c4c3C(=O)c3cc(C)cc(O)c3C4=O)cc2O1. The highest BCUT2D eigenvalue weighted by Crippen LogP contribution is 2.45. The fourth-order valence-electron chi connectivity index (χ4n) is 6.07. The first-order valence-corrected chi connectivity index (χ1v) is 13.1. The lowest BCUT2D eigenvalue weighted by Crippen LogP contribution is -2.58. The fraction of sp³-hybridized carbons (Fsp3) is 0.258. The number of ether oxygens (including phenoxy) is 3. The van der Waals surface area contributed by atoms with Crippen LogP contribution in [0, 0.1) is 6.92 Å². The monoisotopic (exact) mass is 572 g/mol. The van der Waals surface area contributed by atoms with Crippen LogP contribution in [0.4, 0.5) is 0 Å². The van der Waals surface area contributed by atoms with E-state index in [4.69, 9.17) is 14.2 Å². The highest BCUT2D eigenvalue weighted by Gasteiger charge is 2.58. The van der Waals surface area contributed by atoms with Gasteiger partial charge in [-0.1, -0.05) is 6.07 Å². The third-order valence-corrected chi connectivity index (χ3v) is 7.92. The number of benzene rings is 3. The van der Waals surface area contributed by atoms with Crippen LogP contribution in [0.3, 0.4) is 0 Å². The van der Waals surface area contributed by atoms with Crippen LogP contribution in [0.1, 0.15) is 78.2 Å². The molecule has 0 unspecified atom stereocenters. The third kappa shape index (κ3) is 3.92. The van der Waals surface area contributed by atoms with E-state index in [0.717, 1.165) is 7.11 Å². The molecule has 11 heteroatoms. The molecule has 0 radical (unpaired) electrons. The van der Waals surface area contributed by atoms with Crippen LogP contribution in [0.5, 0.6) is 23.0 Å². The summed E-state index contributed by atoms with van der Waals surface area (Å²) in [6.45, 7) is 1.66. The number of hydrogen-bond acceptors (Lipinski definition) is 11. The lowest BCUT2D eigenvalue weighted by Gasteiger charge is -2.38. The summed E-state index contributed by atoms with van der Waals surface area (Å²) in [6.07, 6.45) is -1.53. The summed E-state index contributed by atoms with van der Waals surface area (Å²) in [7, 11) is 1.11. The van der Waals surface area contributed by atoms with Crippen molar-refractivity contribution >= 4 is 29.3 Å². The molecule has 0 saturated carbocycles. The second kappa shape index (κ2) is 9.44. The minimum atomic E-state index is -1.96. The number of cyclic esters (lactones) is 1. The molecule has 1 saturated heterocycles. The van der Waals surface area contributed by atoms with E-state index in [1.165, 1.54) is 36.4 Å². The molecular formula is C31H24O11. The molecule has 1 aliphatic carbocycles. The van der Waals surface area contributed by atoms with Crippen molar-refractivity contribution in [1.29, 1.82) is 0 Å². The number of Topliss-reactive ketones (excluding diaryl/α,β-unsaturated/α-hetero) is 1. The van der Waals surface area contributed by atoms with Crippen LogP contribution < -0.4 is 4.74 Å². The Morgan fingerprint density at radius 2 is 1.67 bits per heavy atom. The Morgan fingerprint density at radius 1 is 0.929 bits per heavy atom. The molecule has 3 aromatic carbocycles. The zero-order valence-electron chi connectivity index (χ0n) is 22.5. The second-order valence-electron chi connectivity index (χ2n) is 10.6. The van der Waals surface area contributed by atoms with Crippen molar-refractivity contribution in [3.63, 3.8) is 0 Å². The minimum Gasteiger partial charge on any atom is -0.507 e. The first-order chi connectivity index (χ1) is 19.9. The molecule has 3 N–H and O–H groups in total. The number of aromatic hydroxyl groups is 3. The zero-order valence-corrected chi connectivity index (χ0v) is 22.5. The molecule has 3 aliphatic rings. The maximum atomic E-state index is 13.6. The number of rotatable bonds is 4. The lowest BCUT2D eigenvalue weighted by atomic mass is 9.79. The van der Waals surface area contributed by atoms with Crippen molar-refractivity contribution < 1.29 is 53.5 Å². The van der Waals surface area contributed by atoms with Crippen LogP contribution in [-0.4, -0.2) is 63.4 Å². The van der Waals surface area contributed by atoms with Gasteiger partial charge in [-0.3, -0.25) is 19.2 Å². The van der Waals surface area contributed by atoms with Crippen LogP contribution in [0.25, 0.3) is 0 Å². The maximum Gasteiger partial charge on any atom is 0.354 e. The van der Waals surface area contributed by atoms with Gasteiger partial charge in [0.15, 0.2) is 17.7 Å². The number of aryl methyl sites for hydroxylation is 1. The molecule has 2 aliphatic heterocycles. The van der Waals surface area contributed by atoms with Gasteiger partial charge < -0.3 is 29.5 Å². The zero-order chi connectivity index (χ0) is 30.1. The van der Waals surface area contributed by atoms with Crippen molar-refractivity contribution in [3.8, 4) is 23.0 Å². The van der Waals surface area contributed by atoms with E-state index in [9.17, 15) is 39.3 Å². The standard InChI is InChI=1S/C31H24O11/c1-13-7-16-25(18(33)8-13)29(38)27-17(32)4-3-15(24(27)28(16)37)9-14-10-19(34)26-20(35)12-31(30(39)40-2,42-21(26)11-14)22-5-6-23(36)41-22/h3-4,7-8,10-11,22,32-34H,5-6,9,12H2,1-2H3/t22-,31+/m0/s1. The van der Waals surface area contributed by atoms with Gasteiger partial charge in [-0.25, -0.2) is 4.79 Å². The Bertz CT molecular complexity index is 1770. The summed E-state index contributed by atoms with van der Waals surface area (Å²) >= 11 is 0. The van der Waals surface area contributed by atoms with Gasteiger partial charge in [-0.2, -0.15) is 0 Å². The Morgan fingerprint density at radius 3 is 2.36 bits per heavy atom. The molecule has 6 rings (SSSR count). The number of phenolic OH excluding ortho intramolecular Hbond substituents is 3. The molecule has 0 bridgehead atoms. The van der Waals surface area contributed by atoms with Crippen LogP contribution in [0.2, 0.25) is 0 Å². The summed E-state index contributed by atoms with van der Waals surface area (Å²) in [6, 6.07) is 8.27. The van der Waals surface area contributed by atoms with Crippen molar-refractivity contribution in [2.24, 2.45) is 0 Å². The van der Waals surface area contributed by atoms with E-state index in [1.54, 1.807) is 6.92 Å². The van der Waals surface area contributed by atoms with Gasteiger partial charge in [-0.15, -0.1) is 0 Å². The van der Waals surface area contributed by atoms with Gasteiger partial charge in [0.2, 0.25) is 11.4 Å². The molecule has 214 valence electrons. The van der Waals surface area contributed by atoms with Gasteiger partial charge in [-0.05, 0) is 66.8 Å². The normalized spacial score (nSPS) is 20.8. The van der Waals surface area contributed by atoms with Crippen molar-refractivity contribution in [2.75, 3.05) is 7.11 Å². The molecule has 42 heavy (non-hydrogen) atoms. The summed E-state index contributed by atoms with van der Waals surface area (Å²) < 4.78 is 16.3. The second-order valence-corrected chi connectivity index (χ2v) is 10.6. The summed E-state index contributed by atoms with van der Waals surface area (Å²) in [5.74, 6) is -4.77. The largest absolute Gasteiger partial charge is 0.507 e. The van der Waals surface area contributed by atoms with Gasteiger partial charge in [0.05, 0.1) is 24.7 Å². The Balaban J connectivity index is 1.44. The number of ketones is 3. The van der Waals surface area contributed by atoms with Crippen LogP contribution in [0.15, 0.2) is 36.4 Å². The first kappa shape index (κ1) is 27.0. The van der Waals surface area contributed by atoms with Gasteiger partial charge >= 0.3 is 11.9 Å². The summed E-state index contributed by atoms with van der Waals surface area (Å²) in [5, 5.41) is 31.8.